The van der Waals surface area contributed by atoms with Gasteiger partial charge in [0.1, 0.15) is 11.4 Å². The van der Waals surface area contributed by atoms with E-state index in [0.717, 1.165) is 5.56 Å². The summed E-state index contributed by atoms with van der Waals surface area (Å²) in [6.07, 6.45) is 4.84. The summed E-state index contributed by atoms with van der Waals surface area (Å²) < 4.78 is 15.3. The van der Waals surface area contributed by atoms with E-state index < -0.39 is 11.8 Å². The van der Waals surface area contributed by atoms with Gasteiger partial charge < -0.3 is 15.0 Å². The molecule has 4 rings (SSSR count). The number of benzene rings is 1. The molecule has 0 saturated carbocycles. The highest BCUT2D eigenvalue weighted by molar-refractivity contribution is 6.04. The number of nitrogens with zero attached hydrogens (tertiary/aromatic N) is 2. The van der Waals surface area contributed by atoms with Crippen molar-refractivity contribution in [2.24, 2.45) is 0 Å². The summed E-state index contributed by atoms with van der Waals surface area (Å²) in [7, 11) is 0. The third-order valence-corrected chi connectivity index (χ3v) is 4.43. The van der Waals surface area contributed by atoms with Crippen molar-refractivity contribution in [2.45, 2.75) is 12.3 Å². The molecule has 26 heavy (non-hydrogen) atoms. The van der Waals surface area contributed by atoms with Gasteiger partial charge in [0.25, 0.3) is 0 Å². The van der Waals surface area contributed by atoms with Crippen LogP contribution in [0.25, 0.3) is 5.69 Å². The standard InChI is InChI=1S/C19H14FN3O3/c20-12-4-1-5-13(7-12)23-10-15(19(25)26)17-18(23)14(8-16(24)22-17)11-3-2-6-21-9-11/h1-7,9-10,14H,8H2,(H,22,24)(H,25,26). The highest BCUT2D eigenvalue weighted by atomic mass is 19.1. The van der Waals surface area contributed by atoms with Crippen LogP contribution >= 0.6 is 0 Å². The Balaban J connectivity index is 1.99. The highest BCUT2D eigenvalue weighted by Crippen LogP contribution is 2.41. The zero-order chi connectivity index (χ0) is 18.3. The zero-order valence-corrected chi connectivity index (χ0v) is 13.5. The topological polar surface area (TPSA) is 84.2 Å². The number of aromatic carboxylic acids is 1. The Morgan fingerprint density at radius 1 is 1.31 bits per heavy atom. The van der Waals surface area contributed by atoms with E-state index in [2.05, 4.69) is 10.3 Å². The number of anilines is 1. The molecule has 0 saturated heterocycles. The van der Waals surface area contributed by atoms with E-state index in [1.54, 1.807) is 35.2 Å². The summed E-state index contributed by atoms with van der Waals surface area (Å²) in [4.78, 5) is 28.0. The van der Waals surface area contributed by atoms with E-state index in [4.69, 9.17) is 0 Å². The molecule has 7 heteroatoms. The molecule has 1 amide bonds. The molecule has 2 N–H and O–H groups in total. The van der Waals surface area contributed by atoms with Crippen LogP contribution in [0.1, 0.15) is 34.0 Å². The average molecular weight is 351 g/mol. The second-order valence-corrected chi connectivity index (χ2v) is 6.05. The molecule has 6 nitrogen and oxygen atoms in total. The zero-order valence-electron chi connectivity index (χ0n) is 13.5. The number of halogens is 1. The van der Waals surface area contributed by atoms with E-state index in [9.17, 15) is 19.1 Å². The van der Waals surface area contributed by atoms with E-state index >= 15 is 0 Å². The van der Waals surface area contributed by atoms with E-state index in [1.165, 1.54) is 18.3 Å². The smallest absolute Gasteiger partial charge is 0.339 e. The molecule has 1 unspecified atom stereocenters. The Hall–Kier alpha value is -3.48. The first kappa shape index (κ1) is 16.0. The second-order valence-electron chi connectivity index (χ2n) is 6.05. The van der Waals surface area contributed by atoms with E-state index in [-0.39, 0.29) is 29.5 Å². The number of carbonyl (C=O) groups excluding carboxylic acids is 1. The third-order valence-electron chi connectivity index (χ3n) is 4.43. The van der Waals surface area contributed by atoms with Crippen LogP contribution in [0, 0.1) is 5.82 Å². The fourth-order valence-electron chi connectivity index (χ4n) is 3.33. The summed E-state index contributed by atoms with van der Waals surface area (Å²) in [5.74, 6) is -2.25. The van der Waals surface area contributed by atoms with Crippen molar-refractivity contribution < 1.29 is 19.1 Å². The summed E-state index contributed by atoms with van der Waals surface area (Å²) in [6, 6.07) is 9.47. The number of amides is 1. The predicted octanol–water partition coefficient (Wildman–Crippen LogP) is 3.18. The molecule has 3 heterocycles. The first-order valence-electron chi connectivity index (χ1n) is 7.99. The molecule has 130 valence electrons. The number of carbonyl (C=O) groups is 2. The lowest BCUT2D eigenvalue weighted by Crippen LogP contribution is -2.25. The monoisotopic (exact) mass is 351 g/mol. The Morgan fingerprint density at radius 2 is 2.15 bits per heavy atom. The van der Waals surface area contributed by atoms with Gasteiger partial charge in [0.05, 0.1) is 11.4 Å². The molecule has 1 aromatic carbocycles. The molecule has 0 spiro atoms. The van der Waals surface area contributed by atoms with Crippen molar-refractivity contribution in [3.63, 3.8) is 0 Å². The maximum Gasteiger partial charge on any atom is 0.339 e. The van der Waals surface area contributed by atoms with Gasteiger partial charge in [0.2, 0.25) is 5.91 Å². The fourth-order valence-corrected chi connectivity index (χ4v) is 3.33. The van der Waals surface area contributed by atoms with Gasteiger partial charge >= 0.3 is 5.97 Å². The Labute approximate surface area is 147 Å². The summed E-state index contributed by atoms with van der Waals surface area (Å²) >= 11 is 0. The molecule has 1 aliphatic rings. The van der Waals surface area contributed by atoms with Gasteiger partial charge in [-0.1, -0.05) is 12.1 Å². The van der Waals surface area contributed by atoms with Crippen LogP contribution in [0.5, 0.6) is 0 Å². The molecule has 0 aliphatic carbocycles. The van der Waals surface area contributed by atoms with Gasteiger partial charge in [-0.3, -0.25) is 9.78 Å². The second kappa shape index (κ2) is 6.11. The Morgan fingerprint density at radius 3 is 2.85 bits per heavy atom. The third kappa shape index (κ3) is 2.63. The Kier molecular flexibility index (Phi) is 3.76. The van der Waals surface area contributed by atoms with Gasteiger partial charge in [0.15, 0.2) is 0 Å². The van der Waals surface area contributed by atoms with Gasteiger partial charge in [-0.05, 0) is 29.8 Å². The first-order chi connectivity index (χ1) is 12.5. The SMILES string of the molecule is O=C1CC(c2cccnc2)c2c(c(C(=O)O)cn2-c2cccc(F)c2)N1. The molecule has 1 aliphatic heterocycles. The van der Waals surface area contributed by atoms with Crippen LogP contribution in [0.4, 0.5) is 10.1 Å². The summed E-state index contributed by atoms with van der Waals surface area (Å²) in [6.45, 7) is 0. The van der Waals surface area contributed by atoms with E-state index in [1.807, 2.05) is 6.07 Å². The van der Waals surface area contributed by atoms with Crippen LogP contribution in [0.3, 0.4) is 0 Å². The minimum atomic E-state index is -1.16. The molecule has 0 bridgehead atoms. The minimum absolute atomic E-state index is 0.0359. The number of nitrogens with one attached hydrogen (secondary N) is 1. The molecule has 1 atom stereocenters. The number of pyridine rings is 1. The van der Waals surface area contributed by atoms with Crippen molar-refractivity contribution in [2.75, 3.05) is 5.32 Å². The number of aromatic nitrogens is 2. The van der Waals surface area contributed by atoms with Crippen LogP contribution in [-0.4, -0.2) is 26.5 Å². The maximum absolute atomic E-state index is 13.7. The fraction of sp³-hybridized carbons (Fsp3) is 0.105. The van der Waals surface area contributed by atoms with Crippen molar-refractivity contribution >= 4 is 17.6 Å². The number of rotatable bonds is 3. The normalized spacial score (nSPS) is 16.0. The number of hydrogen-bond donors (Lipinski definition) is 2. The molecule has 2 aromatic heterocycles. The Bertz CT molecular complexity index is 1010. The quantitative estimate of drug-likeness (QED) is 0.759. The molecule has 3 aromatic rings. The average Bonchev–Trinajstić information content (AvgIpc) is 3.01. The lowest BCUT2D eigenvalue weighted by molar-refractivity contribution is -0.116. The number of fused-ring (bicyclic) bond motifs is 1. The molecule has 0 fully saturated rings. The van der Waals surface area contributed by atoms with Gasteiger partial charge in [-0.2, -0.15) is 0 Å². The van der Waals surface area contributed by atoms with Gasteiger partial charge in [-0.15, -0.1) is 0 Å². The van der Waals surface area contributed by atoms with E-state index in [0.29, 0.717) is 11.4 Å². The lowest BCUT2D eigenvalue weighted by Gasteiger charge is -2.26. The predicted molar refractivity (Wildman–Crippen MR) is 92.0 cm³/mol. The maximum atomic E-state index is 13.7. The van der Waals surface area contributed by atoms with Crippen LogP contribution < -0.4 is 5.32 Å². The minimum Gasteiger partial charge on any atom is -0.478 e. The lowest BCUT2D eigenvalue weighted by atomic mass is 9.89. The molecular formula is C19H14FN3O3. The van der Waals surface area contributed by atoms with Gasteiger partial charge in [0, 0.05) is 36.6 Å². The number of hydrogen-bond acceptors (Lipinski definition) is 3. The number of carboxylic acid groups (broad SMARTS) is 1. The van der Waals surface area contributed by atoms with Crippen molar-refractivity contribution in [3.8, 4) is 5.69 Å². The molecule has 0 radical (unpaired) electrons. The summed E-state index contributed by atoms with van der Waals surface area (Å²) in [5.41, 5.74) is 2.08. The van der Waals surface area contributed by atoms with Crippen molar-refractivity contribution in [1.29, 1.82) is 0 Å². The van der Waals surface area contributed by atoms with Crippen molar-refractivity contribution in [1.82, 2.24) is 9.55 Å². The van der Waals surface area contributed by atoms with Crippen LogP contribution in [-0.2, 0) is 4.79 Å². The van der Waals surface area contributed by atoms with Crippen LogP contribution in [0.2, 0.25) is 0 Å². The summed E-state index contributed by atoms with van der Waals surface area (Å²) in [5, 5.41) is 12.2. The van der Waals surface area contributed by atoms with Crippen molar-refractivity contribution in [3.05, 3.63) is 77.6 Å². The first-order valence-corrected chi connectivity index (χ1v) is 7.99. The highest BCUT2D eigenvalue weighted by Gasteiger charge is 2.34. The number of carboxylic acids is 1. The van der Waals surface area contributed by atoms with Crippen LogP contribution in [0.15, 0.2) is 55.0 Å². The molecular weight excluding hydrogens is 337 g/mol. The largest absolute Gasteiger partial charge is 0.478 e. The van der Waals surface area contributed by atoms with Gasteiger partial charge in [-0.25, -0.2) is 9.18 Å².